The van der Waals surface area contributed by atoms with Crippen molar-refractivity contribution in [3.05, 3.63) is 29.6 Å². The summed E-state index contributed by atoms with van der Waals surface area (Å²) in [5.41, 5.74) is 5.92. The molecule has 0 aliphatic carbocycles. The van der Waals surface area contributed by atoms with Crippen molar-refractivity contribution in [3.8, 4) is 0 Å². The van der Waals surface area contributed by atoms with E-state index in [1.807, 2.05) is 13.8 Å². The highest BCUT2D eigenvalue weighted by molar-refractivity contribution is 7.89. The van der Waals surface area contributed by atoms with Crippen LogP contribution in [0.2, 0.25) is 0 Å². The van der Waals surface area contributed by atoms with E-state index >= 15 is 0 Å². The Morgan fingerprint density at radius 1 is 1.37 bits per heavy atom. The molecular weight excluding hydrogens is 267 g/mol. The zero-order valence-corrected chi connectivity index (χ0v) is 12.1. The van der Waals surface area contributed by atoms with E-state index in [9.17, 15) is 12.8 Å². The number of sulfonamides is 1. The number of hydrogen-bond acceptors (Lipinski definition) is 3. The van der Waals surface area contributed by atoms with Crippen LogP contribution in [0.5, 0.6) is 0 Å². The van der Waals surface area contributed by atoms with Gasteiger partial charge in [-0.05, 0) is 30.5 Å². The van der Waals surface area contributed by atoms with Crippen molar-refractivity contribution in [3.63, 3.8) is 0 Å². The fourth-order valence-corrected chi connectivity index (χ4v) is 3.54. The molecule has 0 fully saturated rings. The highest BCUT2D eigenvalue weighted by Gasteiger charge is 2.21. The molecule has 108 valence electrons. The van der Waals surface area contributed by atoms with Crippen molar-refractivity contribution in [2.24, 2.45) is 5.73 Å². The molecule has 0 aliphatic heterocycles. The third-order valence-electron chi connectivity index (χ3n) is 2.99. The molecule has 0 heterocycles. The van der Waals surface area contributed by atoms with Gasteiger partial charge in [0.2, 0.25) is 10.0 Å². The number of halogens is 1. The van der Waals surface area contributed by atoms with Crippen molar-refractivity contribution in [1.82, 2.24) is 4.72 Å². The molecule has 0 saturated carbocycles. The Morgan fingerprint density at radius 2 is 2.05 bits per heavy atom. The van der Waals surface area contributed by atoms with Crippen molar-refractivity contribution >= 4 is 10.0 Å². The van der Waals surface area contributed by atoms with Crippen molar-refractivity contribution in [2.75, 3.05) is 0 Å². The van der Waals surface area contributed by atoms with E-state index in [2.05, 4.69) is 4.72 Å². The first-order valence-electron chi connectivity index (χ1n) is 6.45. The van der Waals surface area contributed by atoms with Crippen LogP contribution >= 0.6 is 0 Å². The zero-order valence-electron chi connectivity index (χ0n) is 11.3. The van der Waals surface area contributed by atoms with Crippen LogP contribution in [0.3, 0.4) is 0 Å². The van der Waals surface area contributed by atoms with Gasteiger partial charge in [0.15, 0.2) is 0 Å². The van der Waals surface area contributed by atoms with Crippen LogP contribution in [-0.4, -0.2) is 14.5 Å². The van der Waals surface area contributed by atoms with Crippen molar-refractivity contribution in [2.45, 2.75) is 50.6 Å². The fraction of sp³-hybridized carbons (Fsp3) is 0.538. The van der Waals surface area contributed by atoms with Gasteiger partial charge in [0.1, 0.15) is 5.82 Å². The molecular formula is C13H21FN2O2S. The second-order valence-electron chi connectivity index (χ2n) is 4.47. The summed E-state index contributed by atoms with van der Waals surface area (Å²) in [6.07, 6.45) is 2.33. The Morgan fingerprint density at radius 3 is 2.58 bits per heavy atom. The minimum Gasteiger partial charge on any atom is -0.326 e. The van der Waals surface area contributed by atoms with Crippen molar-refractivity contribution in [1.29, 1.82) is 0 Å². The molecule has 0 bridgehead atoms. The summed E-state index contributed by atoms with van der Waals surface area (Å²) >= 11 is 0. The number of benzene rings is 1. The van der Waals surface area contributed by atoms with E-state index in [1.54, 1.807) is 0 Å². The van der Waals surface area contributed by atoms with Gasteiger partial charge in [-0.25, -0.2) is 17.5 Å². The Kier molecular flexibility index (Phi) is 5.90. The highest BCUT2D eigenvalue weighted by Crippen LogP contribution is 2.18. The minimum atomic E-state index is -3.73. The van der Waals surface area contributed by atoms with Crippen LogP contribution in [-0.2, 0) is 16.6 Å². The SMILES string of the molecule is CCCC(CC)NS(=O)(=O)c1cc(F)ccc1CN. The van der Waals surface area contributed by atoms with Crippen LogP contribution in [0.15, 0.2) is 23.1 Å². The predicted octanol–water partition coefficient (Wildman–Crippen LogP) is 2.14. The standard InChI is InChI=1S/C13H21FN2O2S/c1-3-5-12(4-2)16-19(17,18)13-8-11(14)7-6-10(13)9-15/h6-8,12,16H,3-5,9,15H2,1-2H3. The molecule has 19 heavy (non-hydrogen) atoms. The summed E-state index contributed by atoms with van der Waals surface area (Å²) in [5, 5.41) is 0. The first kappa shape index (κ1) is 16.1. The summed E-state index contributed by atoms with van der Waals surface area (Å²) in [4.78, 5) is -0.0652. The van der Waals surface area contributed by atoms with Crippen molar-refractivity contribution < 1.29 is 12.8 Å². The monoisotopic (exact) mass is 288 g/mol. The van der Waals surface area contributed by atoms with Crippen LogP contribution in [0.4, 0.5) is 4.39 Å². The Balaban J connectivity index is 3.09. The van der Waals surface area contributed by atoms with E-state index in [4.69, 9.17) is 5.73 Å². The van der Waals surface area contributed by atoms with Gasteiger partial charge in [0.05, 0.1) is 4.90 Å². The normalized spacial score (nSPS) is 13.5. The number of rotatable bonds is 7. The Bertz CT molecular complexity index is 517. The lowest BCUT2D eigenvalue weighted by Gasteiger charge is -2.17. The minimum absolute atomic E-state index is 0.0566. The van der Waals surface area contributed by atoms with Gasteiger partial charge in [0.25, 0.3) is 0 Å². The zero-order chi connectivity index (χ0) is 14.5. The van der Waals surface area contributed by atoms with Gasteiger partial charge < -0.3 is 5.73 Å². The molecule has 6 heteroatoms. The molecule has 1 aromatic carbocycles. The van der Waals surface area contributed by atoms with Crippen LogP contribution in [0.1, 0.15) is 38.7 Å². The van der Waals surface area contributed by atoms with E-state index in [0.29, 0.717) is 12.0 Å². The third kappa shape index (κ3) is 4.26. The molecule has 0 amide bonds. The molecule has 0 saturated heterocycles. The maximum Gasteiger partial charge on any atom is 0.241 e. The van der Waals surface area contributed by atoms with E-state index in [1.165, 1.54) is 12.1 Å². The molecule has 0 spiro atoms. The lowest BCUT2D eigenvalue weighted by Crippen LogP contribution is -2.35. The van der Waals surface area contributed by atoms with E-state index in [0.717, 1.165) is 18.9 Å². The maximum absolute atomic E-state index is 13.2. The molecule has 1 rings (SSSR count). The Hall–Kier alpha value is -0.980. The number of nitrogens with two attached hydrogens (primary N) is 1. The summed E-state index contributed by atoms with van der Waals surface area (Å²) < 4.78 is 40.4. The molecule has 1 aromatic rings. The van der Waals surface area contributed by atoms with Crippen LogP contribution in [0, 0.1) is 5.82 Å². The molecule has 0 aromatic heterocycles. The second-order valence-corrected chi connectivity index (χ2v) is 6.15. The second kappa shape index (κ2) is 6.98. The smallest absolute Gasteiger partial charge is 0.241 e. The van der Waals surface area contributed by atoms with Gasteiger partial charge >= 0.3 is 0 Å². The van der Waals surface area contributed by atoms with Gasteiger partial charge in [-0.1, -0.05) is 26.3 Å². The van der Waals surface area contributed by atoms with E-state index in [-0.39, 0.29) is 17.5 Å². The molecule has 0 radical (unpaired) electrons. The summed E-state index contributed by atoms with van der Waals surface area (Å²) in [7, 11) is -3.73. The average Bonchev–Trinajstić information content (AvgIpc) is 2.38. The quantitative estimate of drug-likeness (QED) is 0.807. The molecule has 1 unspecified atom stereocenters. The van der Waals surface area contributed by atoms with Gasteiger partial charge in [-0.3, -0.25) is 0 Å². The first-order chi connectivity index (χ1) is 8.94. The van der Waals surface area contributed by atoms with Crippen LogP contribution in [0.25, 0.3) is 0 Å². The topological polar surface area (TPSA) is 72.2 Å². The number of nitrogens with one attached hydrogen (secondary N) is 1. The molecule has 0 aliphatic rings. The van der Waals surface area contributed by atoms with Gasteiger partial charge in [-0.15, -0.1) is 0 Å². The van der Waals surface area contributed by atoms with Gasteiger partial charge in [-0.2, -0.15) is 0 Å². The average molecular weight is 288 g/mol. The van der Waals surface area contributed by atoms with E-state index < -0.39 is 15.8 Å². The lowest BCUT2D eigenvalue weighted by molar-refractivity contribution is 0.511. The molecule has 4 nitrogen and oxygen atoms in total. The predicted molar refractivity (Wildman–Crippen MR) is 73.6 cm³/mol. The largest absolute Gasteiger partial charge is 0.326 e. The molecule has 1 atom stereocenters. The fourth-order valence-electron chi connectivity index (χ4n) is 1.92. The Labute approximate surface area is 114 Å². The molecule has 3 N–H and O–H groups in total. The lowest BCUT2D eigenvalue weighted by atomic mass is 10.1. The highest BCUT2D eigenvalue weighted by atomic mass is 32.2. The third-order valence-corrected chi connectivity index (χ3v) is 4.59. The number of hydrogen-bond donors (Lipinski definition) is 2. The first-order valence-corrected chi connectivity index (χ1v) is 7.93. The summed E-state index contributed by atoms with van der Waals surface area (Å²) in [5.74, 6) is -0.582. The summed E-state index contributed by atoms with van der Waals surface area (Å²) in [6, 6.07) is 3.50. The summed E-state index contributed by atoms with van der Waals surface area (Å²) in [6.45, 7) is 3.96. The maximum atomic E-state index is 13.2. The van der Waals surface area contributed by atoms with Gasteiger partial charge in [0, 0.05) is 12.6 Å². The van der Waals surface area contributed by atoms with Crippen LogP contribution < -0.4 is 10.5 Å².